The van der Waals surface area contributed by atoms with Crippen LogP contribution in [0.1, 0.15) is 22.6 Å². The van der Waals surface area contributed by atoms with Crippen molar-refractivity contribution in [2.45, 2.75) is 12.5 Å². The highest BCUT2D eigenvalue weighted by atomic mass is 16.3. The largest absolute Gasteiger partial charge is 0.508 e. The molecule has 0 aliphatic carbocycles. The minimum Gasteiger partial charge on any atom is -0.508 e. The van der Waals surface area contributed by atoms with Crippen molar-refractivity contribution in [3.05, 3.63) is 53.1 Å². The second-order valence-electron chi connectivity index (χ2n) is 4.81. The maximum absolute atomic E-state index is 9.61. The van der Waals surface area contributed by atoms with E-state index in [2.05, 4.69) is 5.32 Å². The van der Waals surface area contributed by atoms with Crippen molar-refractivity contribution < 1.29 is 15.3 Å². The van der Waals surface area contributed by atoms with Crippen molar-refractivity contribution in [3.63, 3.8) is 0 Å². The fourth-order valence-corrected chi connectivity index (χ4v) is 2.60. The lowest BCUT2D eigenvalue weighted by molar-refractivity contribution is 0.402. The lowest BCUT2D eigenvalue weighted by Gasteiger charge is -2.27. The summed E-state index contributed by atoms with van der Waals surface area (Å²) in [5.74, 6) is 0.146. The summed E-state index contributed by atoms with van der Waals surface area (Å²) in [5, 5.41) is 31.8. The fraction of sp³-hybridized carbons (Fsp3) is 0.200. The van der Waals surface area contributed by atoms with Crippen LogP contribution in [0.3, 0.4) is 0 Å². The van der Waals surface area contributed by atoms with Crippen LogP contribution in [0.2, 0.25) is 0 Å². The van der Waals surface area contributed by atoms with Gasteiger partial charge in [0, 0.05) is 19.0 Å². The highest BCUT2D eigenvalue weighted by molar-refractivity contribution is 5.48. The van der Waals surface area contributed by atoms with E-state index in [9.17, 15) is 15.3 Å². The van der Waals surface area contributed by atoms with Crippen LogP contribution in [0.25, 0.3) is 0 Å². The van der Waals surface area contributed by atoms with Gasteiger partial charge in [-0.3, -0.25) is 0 Å². The molecule has 0 spiro atoms. The molecule has 0 fully saturated rings. The van der Waals surface area contributed by atoms with E-state index in [0.717, 1.165) is 29.8 Å². The molecule has 0 saturated carbocycles. The van der Waals surface area contributed by atoms with Crippen LogP contribution >= 0.6 is 0 Å². The van der Waals surface area contributed by atoms with Gasteiger partial charge in [-0.25, -0.2) is 0 Å². The molecule has 0 bridgehead atoms. The van der Waals surface area contributed by atoms with Crippen LogP contribution in [-0.2, 0) is 6.54 Å². The van der Waals surface area contributed by atoms with Gasteiger partial charge in [-0.15, -0.1) is 0 Å². The second-order valence-corrected chi connectivity index (χ2v) is 4.81. The molecule has 0 aromatic heterocycles. The van der Waals surface area contributed by atoms with E-state index in [1.165, 1.54) is 6.07 Å². The molecule has 4 N–H and O–H groups in total. The summed E-state index contributed by atoms with van der Waals surface area (Å²) in [6.07, 6.45) is 0. The normalized spacial score (nSPS) is 18.0. The molecular weight excluding hydrogens is 242 g/mol. The first-order valence-electron chi connectivity index (χ1n) is 6.19. The third kappa shape index (κ3) is 2.11. The molecule has 1 aliphatic rings. The van der Waals surface area contributed by atoms with Gasteiger partial charge in [0.2, 0.25) is 0 Å². The SMILES string of the molecule is Oc1ccc2c(c1)CNCC2c1ccc(O)c(O)c1. The Morgan fingerprint density at radius 1 is 0.947 bits per heavy atom. The predicted molar refractivity (Wildman–Crippen MR) is 71.4 cm³/mol. The molecule has 0 radical (unpaired) electrons. The highest BCUT2D eigenvalue weighted by Crippen LogP contribution is 2.35. The van der Waals surface area contributed by atoms with Gasteiger partial charge in [0.25, 0.3) is 0 Å². The van der Waals surface area contributed by atoms with Crippen LogP contribution in [-0.4, -0.2) is 21.9 Å². The summed E-state index contributed by atoms with van der Waals surface area (Å²) >= 11 is 0. The number of hydrogen-bond donors (Lipinski definition) is 4. The van der Waals surface area contributed by atoms with E-state index < -0.39 is 0 Å². The van der Waals surface area contributed by atoms with Gasteiger partial charge in [0.15, 0.2) is 11.5 Å². The van der Waals surface area contributed by atoms with Crippen molar-refractivity contribution >= 4 is 0 Å². The Kier molecular flexibility index (Phi) is 2.80. The third-order valence-electron chi connectivity index (χ3n) is 3.57. The van der Waals surface area contributed by atoms with Gasteiger partial charge in [-0.1, -0.05) is 12.1 Å². The Hall–Kier alpha value is -2.20. The van der Waals surface area contributed by atoms with Gasteiger partial charge >= 0.3 is 0 Å². The van der Waals surface area contributed by atoms with E-state index in [4.69, 9.17) is 0 Å². The Morgan fingerprint density at radius 2 is 1.79 bits per heavy atom. The molecule has 3 rings (SSSR count). The Bertz CT molecular complexity index is 625. The molecule has 2 aromatic rings. The number of rotatable bonds is 1. The lowest BCUT2D eigenvalue weighted by Crippen LogP contribution is -2.28. The molecule has 19 heavy (non-hydrogen) atoms. The number of nitrogens with one attached hydrogen (secondary N) is 1. The van der Waals surface area contributed by atoms with E-state index in [1.807, 2.05) is 12.1 Å². The molecule has 1 unspecified atom stereocenters. The molecule has 2 aromatic carbocycles. The first-order chi connectivity index (χ1) is 9.15. The summed E-state index contributed by atoms with van der Waals surface area (Å²) in [6.45, 7) is 1.49. The van der Waals surface area contributed by atoms with Gasteiger partial charge in [0.05, 0.1) is 0 Å². The van der Waals surface area contributed by atoms with Gasteiger partial charge in [-0.05, 0) is 41.0 Å². The number of hydrogen-bond acceptors (Lipinski definition) is 4. The Morgan fingerprint density at radius 3 is 2.58 bits per heavy atom. The van der Waals surface area contributed by atoms with E-state index in [0.29, 0.717) is 0 Å². The minimum atomic E-state index is -0.113. The number of phenolic OH excluding ortho intramolecular Hbond substituents is 3. The quantitative estimate of drug-likeness (QED) is 0.590. The number of phenols is 3. The molecule has 1 atom stereocenters. The molecular formula is C15H15NO3. The van der Waals surface area contributed by atoms with Gasteiger partial charge in [0.1, 0.15) is 5.75 Å². The maximum atomic E-state index is 9.61. The lowest BCUT2D eigenvalue weighted by atomic mass is 9.85. The molecule has 98 valence electrons. The van der Waals surface area contributed by atoms with E-state index in [-0.39, 0.29) is 23.2 Å². The zero-order chi connectivity index (χ0) is 13.4. The van der Waals surface area contributed by atoms with Gasteiger partial charge in [-0.2, -0.15) is 0 Å². The smallest absolute Gasteiger partial charge is 0.157 e. The predicted octanol–water partition coefficient (Wildman–Crippen LogP) is 2.04. The van der Waals surface area contributed by atoms with Crippen LogP contribution in [0, 0.1) is 0 Å². The number of fused-ring (bicyclic) bond motifs is 1. The number of aromatic hydroxyl groups is 3. The van der Waals surface area contributed by atoms with Gasteiger partial charge < -0.3 is 20.6 Å². The zero-order valence-electron chi connectivity index (χ0n) is 10.3. The van der Waals surface area contributed by atoms with E-state index in [1.54, 1.807) is 18.2 Å². The fourth-order valence-electron chi connectivity index (χ4n) is 2.60. The van der Waals surface area contributed by atoms with Crippen molar-refractivity contribution in [3.8, 4) is 17.2 Å². The topological polar surface area (TPSA) is 72.7 Å². The maximum Gasteiger partial charge on any atom is 0.157 e. The van der Waals surface area contributed by atoms with Crippen molar-refractivity contribution in [1.82, 2.24) is 5.32 Å². The zero-order valence-corrected chi connectivity index (χ0v) is 10.3. The molecule has 4 nitrogen and oxygen atoms in total. The van der Waals surface area contributed by atoms with Crippen LogP contribution < -0.4 is 5.32 Å². The Balaban J connectivity index is 2.05. The minimum absolute atomic E-state index is 0.107. The van der Waals surface area contributed by atoms with Crippen molar-refractivity contribution in [2.24, 2.45) is 0 Å². The summed E-state index contributed by atoms with van der Waals surface area (Å²) in [4.78, 5) is 0. The van der Waals surface area contributed by atoms with Crippen LogP contribution in [0.4, 0.5) is 0 Å². The molecule has 0 saturated heterocycles. The molecule has 0 amide bonds. The first-order valence-corrected chi connectivity index (χ1v) is 6.19. The summed E-state index contributed by atoms with van der Waals surface area (Å²) in [6, 6.07) is 10.2. The van der Waals surface area contributed by atoms with Crippen LogP contribution in [0.5, 0.6) is 17.2 Å². The monoisotopic (exact) mass is 257 g/mol. The summed E-state index contributed by atoms with van der Waals surface area (Å²) < 4.78 is 0. The first kappa shape index (κ1) is 11.9. The molecule has 1 heterocycles. The summed E-state index contributed by atoms with van der Waals surface area (Å²) in [5.41, 5.74) is 3.14. The average Bonchev–Trinajstić information content (AvgIpc) is 2.41. The molecule has 1 aliphatic heterocycles. The average molecular weight is 257 g/mol. The third-order valence-corrected chi connectivity index (χ3v) is 3.57. The Labute approximate surface area is 111 Å². The molecule has 4 heteroatoms. The standard InChI is InChI=1S/C15H15NO3/c17-11-2-3-12-10(5-11)7-16-8-13(12)9-1-4-14(18)15(19)6-9/h1-6,13,16-19H,7-8H2. The number of benzene rings is 2. The summed E-state index contributed by atoms with van der Waals surface area (Å²) in [7, 11) is 0. The van der Waals surface area contributed by atoms with Crippen LogP contribution in [0.15, 0.2) is 36.4 Å². The van der Waals surface area contributed by atoms with Crippen molar-refractivity contribution in [1.29, 1.82) is 0 Å². The second kappa shape index (κ2) is 4.48. The van der Waals surface area contributed by atoms with Crippen molar-refractivity contribution in [2.75, 3.05) is 6.54 Å². The van der Waals surface area contributed by atoms with E-state index >= 15 is 0 Å². The highest BCUT2D eigenvalue weighted by Gasteiger charge is 2.22.